The van der Waals surface area contributed by atoms with Crippen molar-refractivity contribution in [2.45, 2.75) is 6.92 Å². The maximum atomic E-state index is 12.4. The monoisotopic (exact) mass is 375 g/mol. The van der Waals surface area contributed by atoms with Gasteiger partial charge in [0.2, 0.25) is 5.69 Å². The normalized spacial score (nSPS) is 10.3. The number of nitro groups is 1. The van der Waals surface area contributed by atoms with Crippen LogP contribution < -0.4 is 0 Å². The highest BCUT2D eigenvalue weighted by molar-refractivity contribution is 6.00. The second-order valence-electron chi connectivity index (χ2n) is 6.03. The standard InChI is InChI=1S/C21H17N3O4/c1-4-28-21(25)20-19(17(22-2)13-23(20)3)15-11-9-14(10-12-15)16-7-5-6-8-18(16)24(26)27/h5-13H,4H2,1,3H3. The molecule has 0 atom stereocenters. The zero-order chi connectivity index (χ0) is 20.3. The van der Waals surface area contributed by atoms with Crippen LogP contribution in [0, 0.1) is 16.7 Å². The van der Waals surface area contributed by atoms with Crippen LogP contribution in [0.1, 0.15) is 17.4 Å². The minimum Gasteiger partial charge on any atom is -0.461 e. The minimum atomic E-state index is -0.502. The van der Waals surface area contributed by atoms with Gasteiger partial charge in [0, 0.05) is 24.9 Å². The number of hydrogen-bond acceptors (Lipinski definition) is 4. The van der Waals surface area contributed by atoms with Gasteiger partial charge in [0.25, 0.3) is 5.69 Å². The summed E-state index contributed by atoms with van der Waals surface area (Å²) in [6.45, 7) is 9.37. The smallest absolute Gasteiger partial charge is 0.354 e. The molecule has 0 radical (unpaired) electrons. The van der Waals surface area contributed by atoms with Crippen molar-refractivity contribution in [3.05, 3.63) is 82.0 Å². The Hall–Kier alpha value is -3.92. The van der Waals surface area contributed by atoms with E-state index in [0.717, 1.165) is 0 Å². The van der Waals surface area contributed by atoms with E-state index in [2.05, 4.69) is 4.85 Å². The van der Waals surface area contributed by atoms with Gasteiger partial charge in [-0.2, -0.15) is 0 Å². The van der Waals surface area contributed by atoms with E-state index in [0.29, 0.717) is 33.6 Å². The average molecular weight is 375 g/mol. The van der Waals surface area contributed by atoms with Gasteiger partial charge in [-0.15, -0.1) is 0 Å². The lowest BCUT2D eigenvalue weighted by Crippen LogP contribution is -2.10. The van der Waals surface area contributed by atoms with Crippen molar-refractivity contribution in [2.75, 3.05) is 6.61 Å². The zero-order valence-electron chi connectivity index (χ0n) is 15.4. The van der Waals surface area contributed by atoms with Crippen molar-refractivity contribution in [2.24, 2.45) is 7.05 Å². The van der Waals surface area contributed by atoms with Gasteiger partial charge in [0.15, 0.2) is 0 Å². The zero-order valence-corrected chi connectivity index (χ0v) is 15.4. The van der Waals surface area contributed by atoms with Crippen LogP contribution in [0.3, 0.4) is 0 Å². The highest BCUT2D eigenvalue weighted by Crippen LogP contribution is 2.37. The van der Waals surface area contributed by atoms with E-state index in [1.807, 2.05) is 0 Å². The molecule has 0 fully saturated rings. The molecule has 7 nitrogen and oxygen atoms in total. The van der Waals surface area contributed by atoms with Gasteiger partial charge in [-0.1, -0.05) is 36.4 Å². The number of rotatable bonds is 5. The summed E-state index contributed by atoms with van der Waals surface area (Å²) >= 11 is 0. The van der Waals surface area contributed by atoms with Crippen LogP contribution in [0.15, 0.2) is 54.7 Å². The predicted molar refractivity (Wildman–Crippen MR) is 105 cm³/mol. The van der Waals surface area contributed by atoms with Crippen molar-refractivity contribution < 1.29 is 14.5 Å². The number of aromatic nitrogens is 1. The Kier molecular flexibility index (Phi) is 5.23. The molecule has 1 aromatic heterocycles. The molecular weight excluding hydrogens is 358 g/mol. The first-order valence-electron chi connectivity index (χ1n) is 8.56. The minimum absolute atomic E-state index is 0.0176. The largest absolute Gasteiger partial charge is 0.461 e. The Morgan fingerprint density at radius 1 is 1.18 bits per heavy atom. The van der Waals surface area contributed by atoms with E-state index in [9.17, 15) is 14.9 Å². The number of ether oxygens (including phenoxy) is 1. The molecule has 0 spiro atoms. The molecule has 0 aliphatic heterocycles. The first-order chi connectivity index (χ1) is 13.5. The fourth-order valence-corrected chi connectivity index (χ4v) is 3.12. The molecule has 0 saturated carbocycles. The number of hydrogen-bond donors (Lipinski definition) is 0. The second kappa shape index (κ2) is 7.76. The van der Waals surface area contributed by atoms with Gasteiger partial charge in [0.05, 0.1) is 23.7 Å². The number of benzene rings is 2. The molecule has 7 heteroatoms. The Bertz CT molecular complexity index is 1090. The van der Waals surface area contributed by atoms with Gasteiger partial charge >= 0.3 is 5.97 Å². The molecule has 0 unspecified atom stereocenters. The number of nitrogens with zero attached hydrogens (tertiary/aromatic N) is 3. The molecule has 0 aliphatic carbocycles. The lowest BCUT2D eigenvalue weighted by atomic mass is 9.98. The van der Waals surface area contributed by atoms with E-state index in [-0.39, 0.29) is 12.3 Å². The fourth-order valence-electron chi connectivity index (χ4n) is 3.12. The maximum Gasteiger partial charge on any atom is 0.354 e. The number of para-hydroxylation sites is 1. The molecular formula is C21H17N3O4. The van der Waals surface area contributed by atoms with E-state index in [1.165, 1.54) is 6.07 Å². The summed E-state index contributed by atoms with van der Waals surface area (Å²) in [6, 6.07) is 13.5. The number of esters is 1. The SMILES string of the molecule is [C-]#[N+]c1cn(C)c(C(=O)OCC)c1-c1ccc(-c2ccccc2[N+](=O)[O-])cc1. The van der Waals surface area contributed by atoms with Gasteiger partial charge in [0.1, 0.15) is 5.69 Å². The van der Waals surface area contributed by atoms with Crippen molar-refractivity contribution in [1.82, 2.24) is 4.57 Å². The summed E-state index contributed by atoms with van der Waals surface area (Å²) in [5, 5.41) is 11.3. The molecule has 140 valence electrons. The molecule has 1 heterocycles. The summed E-state index contributed by atoms with van der Waals surface area (Å²) in [6.07, 6.45) is 1.59. The quantitative estimate of drug-likeness (QED) is 0.272. The molecule has 3 aromatic rings. The Balaban J connectivity index is 2.10. The number of aryl methyl sites for hydroxylation is 1. The highest BCUT2D eigenvalue weighted by Gasteiger charge is 2.23. The van der Waals surface area contributed by atoms with Crippen molar-refractivity contribution in [3.63, 3.8) is 0 Å². The maximum absolute atomic E-state index is 12.4. The second-order valence-corrected chi connectivity index (χ2v) is 6.03. The van der Waals surface area contributed by atoms with E-state index in [1.54, 1.807) is 67.2 Å². The van der Waals surface area contributed by atoms with Crippen molar-refractivity contribution >= 4 is 17.3 Å². The first kappa shape index (κ1) is 18.9. The summed E-state index contributed by atoms with van der Waals surface area (Å²) in [7, 11) is 1.69. The molecule has 28 heavy (non-hydrogen) atoms. The number of carbonyl (C=O) groups excluding carboxylic acids is 1. The average Bonchev–Trinajstić information content (AvgIpc) is 3.04. The molecule has 0 N–H and O–H groups in total. The number of nitro benzene ring substituents is 1. The Morgan fingerprint density at radius 3 is 2.43 bits per heavy atom. The third-order valence-electron chi connectivity index (χ3n) is 4.34. The van der Waals surface area contributed by atoms with Crippen LogP contribution in [0.25, 0.3) is 27.1 Å². The van der Waals surface area contributed by atoms with Crippen LogP contribution >= 0.6 is 0 Å². The van der Waals surface area contributed by atoms with Crippen LogP contribution in [0.4, 0.5) is 11.4 Å². The van der Waals surface area contributed by atoms with Crippen molar-refractivity contribution in [1.29, 1.82) is 0 Å². The van der Waals surface area contributed by atoms with E-state index in [4.69, 9.17) is 11.3 Å². The summed E-state index contributed by atoms with van der Waals surface area (Å²) < 4.78 is 6.71. The highest BCUT2D eigenvalue weighted by atomic mass is 16.6. The van der Waals surface area contributed by atoms with Crippen LogP contribution in [-0.4, -0.2) is 22.1 Å². The lowest BCUT2D eigenvalue weighted by molar-refractivity contribution is -0.384. The lowest BCUT2D eigenvalue weighted by Gasteiger charge is -2.09. The third-order valence-corrected chi connectivity index (χ3v) is 4.34. The molecule has 0 aliphatic rings. The van der Waals surface area contributed by atoms with E-state index >= 15 is 0 Å². The summed E-state index contributed by atoms with van der Waals surface area (Å²) in [5.41, 5.74) is 2.98. The van der Waals surface area contributed by atoms with Gasteiger partial charge in [-0.3, -0.25) is 10.1 Å². The first-order valence-corrected chi connectivity index (χ1v) is 8.56. The fraction of sp³-hybridized carbons (Fsp3) is 0.143. The predicted octanol–water partition coefficient (Wildman–Crippen LogP) is 4.99. The third kappa shape index (κ3) is 3.35. The van der Waals surface area contributed by atoms with Crippen LogP contribution in [-0.2, 0) is 11.8 Å². The van der Waals surface area contributed by atoms with Gasteiger partial charge in [-0.25, -0.2) is 9.64 Å². The topological polar surface area (TPSA) is 78.7 Å². The molecule has 0 amide bonds. The molecule has 0 saturated heterocycles. The molecule has 0 bridgehead atoms. The van der Waals surface area contributed by atoms with Crippen LogP contribution in [0.2, 0.25) is 0 Å². The van der Waals surface area contributed by atoms with Crippen LogP contribution in [0.5, 0.6) is 0 Å². The van der Waals surface area contributed by atoms with Gasteiger partial charge in [-0.05, 0) is 24.1 Å². The summed E-state index contributed by atoms with van der Waals surface area (Å²) in [4.78, 5) is 26.7. The van der Waals surface area contributed by atoms with Crippen molar-refractivity contribution in [3.8, 4) is 22.3 Å². The summed E-state index contributed by atoms with van der Waals surface area (Å²) in [5.74, 6) is -0.502. The van der Waals surface area contributed by atoms with Gasteiger partial charge < -0.3 is 9.30 Å². The number of carbonyl (C=O) groups is 1. The van der Waals surface area contributed by atoms with E-state index < -0.39 is 10.9 Å². The molecule has 3 rings (SSSR count). The Morgan fingerprint density at radius 2 is 1.82 bits per heavy atom. The Labute approximate surface area is 161 Å². The molecule has 2 aromatic carbocycles.